The van der Waals surface area contributed by atoms with Crippen LogP contribution in [0.2, 0.25) is 0 Å². The lowest BCUT2D eigenvalue weighted by atomic mass is 9.89. The van der Waals surface area contributed by atoms with E-state index in [4.69, 9.17) is 25.2 Å². The van der Waals surface area contributed by atoms with Gasteiger partial charge in [0.05, 0.1) is 26.4 Å². The number of anilines is 2. The summed E-state index contributed by atoms with van der Waals surface area (Å²) in [6, 6.07) is 0.482. The van der Waals surface area contributed by atoms with Gasteiger partial charge in [0, 0.05) is 25.0 Å². The van der Waals surface area contributed by atoms with E-state index in [1.165, 1.54) is 64.2 Å². The van der Waals surface area contributed by atoms with Crippen LogP contribution in [-0.2, 0) is 9.47 Å². The van der Waals surface area contributed by atoms with Crippen LogP contribution in [0.3, 0.4) is 0 Å². The molecule has 0 atom stereocenters. The number of nitrogens with one attached hydrogen (secondary N) is 2. The van der Waals surface area contributed by atoms with Crippen LogP contribution in [0.4, 0.5) is 11.9 Å². The molecule has 0 saturated heterocycles. The molecule has 1 aromatic heterocycles. The van der Waals surface area contributed by atoms with Crippen molar-refractivity contribution < 1.29 is 9.47 Å². The third-order valence-electron chi connectivity index (χ3n) is 5.73. The van der Waals surface area contributed by atoms with Crippen LogP contribution in [-0.4, -0.2) is 60.5 Å². The number of aromatic nitrogens is 3. The first-order valence-corrected chi connectivity index (χ1v) is 11.5. The van der Waals surface area contributed by atoms with Gasteiger partial charge in [-0.25, -0.2) is 0 Å². The fraction of sp³-hybridized carbons (Fsp3) is 0.857. The first kappa shape index (κ1) is 22.2. The monoisotopic (exact) mass is 406 g/mol. The zero-order valence-corrected chi connectivity index (χ0v) is 17.7. The standard InChI is InChI=1S/C21H38N6O2/c22-11-13-28-15-16-29-14-12-23-20-25-19(17-7-3-1-4-8-17)26-21(27-20)24-18-9-5-2-6-10-18/h17-18H,1-16,22H2,(H2,23,24,25,26,27). The van der Waals surface area contributed by atoms with Crippen molar-refractivity contribution in [3.05, 3.63) is 5.82 Å². The van der Waals surface area contributed by atoms with Gasteiger partial charge in [-0.15, -0.1) is 0 Å². The van der Waals surface area contributed by atoms with E-state index in [-0.39, 0.29) is 0 Å². The third-order valence-corrected chi connectivity index (χ3v) is 5.73. The lowest BCUT2D eigenvalue weighted by Gasteiger charge is -2.24. The number of hydrogen-bond acceptors (Lipinski definition) is 8. The first-order chi connectivity index (χ1) is 14.3. The summed E-state index contributed by atoms with van der Waals surface area (Å²) in [5.74, 6) is 2.78. The highest BCUT2D eigenvalue weighted by Gasteiger charge is 2.21. The minimum absolute atomic E-state index is 0.454. The van der Waals surface area contributed by atoms with E-state index < -0.39 is 0 Å². The van der Waals surface area contributed by atoms with Crippen LogP contribution in [0.15, 0.2) is 0 Å². The smallest absolute Gasteiger partial charge is 0.227 e. The number of nitrogens with two attached hydrogens (primary N) is 1. The summed E-state index contributed by atoms with van der Waals surface area (Å²) >= 11 is 0. The predicted molar refractivity (Wildman–Crippen MR) is 115 cm³/mol. The van der Waals surface area contributed by atoms with Gasteiger partial charge in [-0.2, -0.15) is 15.0 Å². The summed E-state index contributed by atoms with van der Waals surface area (Å²) in [7, 11) is 0. The second kappa shape index (κ2) is 12.9. The Bertz CT molecular complexity index is 576. The maximum Gasteiger partial charge on any atom is 0.227 e. The summed E-state index contributed by atoms with van der Waals surface area (Å²) in [5, 5.41) is 6.89. The van der Waals surface area contributed by atoms with Gasteiger partial charge in [-0.05, 0) is 25.7 Å². The highest BCUT2D eigenvalue weighted by atomic mass is 16.5. The Labute approximate surface area is 174 Å². The van der Waals surface area contributed by atoms with Crippen molar-refractivity contribution in [1.82, 2.24) is 15.0 Å². The lowest BCUT2D eigenvalue weighted by molar-refractivity contribution is 0.0547. The molecular formula is C21H38N6O2. The van der Waals surface area contributed by atoms with Crippen molar-refractivity contribution in [1.29, 1.82) is 0 Å². The zero-order valence-electron chi connectivity index (χ0n) is 17.7. The molecule has 3 rings (SSSR count). The number of nitrogens with zero attached hydrogens (tertiary/aromatic N) is 3. The first-order valence-electron chi connectivity index (χ1n) is 11.5. The maximum absolute atomic E-state index is 5.59. The van der Waals surface area contributed by atoms with Crippen molar-refractivity contribution in [3.8, 4) is 0 Å². The second-order valence-electron chi connectivity index (χ2n) is 8.10. The van der Waals surface area contributed by atoms with E-state index in [0.29, 0.717) is 57.4 Å². The lowest BCUT2D eigenvalue weighted by Crippen LogP contribution is -2.25. The summed E-state index contributed by atoms with van der Waals surface area (Å²) in [4.78, 5) is 14.2. The molecule has 1 aromatic rings. The summed E-state index contributed by atoms with van der Waals surface area (Å²) in [5.41, 5.74) is 5.39. The van der Waals surface area contributed by atoms with Crippen molar-refractivity contribution in [3.63, 3.8) is 0 Å². The minimum Gasteiger partial charge on any atom is -0.378 e. The van der Waals surface area contributed by atoms with Crippen LogP contribution in [0, 0.1) is 0 Å². The molecule has 4 N–H and O–H groups in total. The molecule has 29 heavy (non-hydrogen) atoms. The number of rotatable bonds is 12. The van der Waals surface area contributed by atoms with Crippen LogP contribution in [0.25, 0.3) is 0 Å². The molecule has 1 heterocycles. The van der Waals surface area contributed by atoms with Gasteiger partial charge < -0.3 is 25.8 Å². The van der Waals surface area contributed by atoms with Crippen molar-refractivity contribution in [2.75, 3.05) is 50.2 Å². The average Bonchev–Trinajstić information content (AvgIpc) is 2.77. The summed E-state index contributed by atoms with van der Waals surface area (Å²) in [6.45, 7) is 3.51. The van der Waals surface area contributed by atoms with Crippen molar-refractivity contribution in [2.45, 2.75) is 76.2 Å². The van der Waals surface area contributed by atoms with Gasteiger partial charge >= 0.3 is 0 Å². The van der Waals surface area contributed by atoms with E-state index in [2.05, 4.69) is 15.6 Å². The number of ether oxygens (including phenoxy) is 2. The number of hydrogen-bond donors (Lipinski definition) is 3. The quantitative estimate of drug-likeness (QED) is 0.455. The Morgan fingerprint density at radius 2 is 1.41 bits per heavy atom. The molecule has 2 aliphatic carbocycles. The molecule has 0 bridgehead atoms. The van der Waals surface area contributed by atoms with Crippen LogP contribution < -0.4 is 16.4 Å². The normalized spacial score (nSPS) is 18.7. The molecule has 8 heteroatoms. The van der Waals surface area contributed by atoms with Gasteiger partial charge in [0.25, 0.3) is 0 Å². The highest BCUT2D eigenvalue weighted by Crippen LogP contribution is 2.31. The Hall–Kier alpha value is -1.51. The fourth-order valence-corrected chi connectivity index (χ4v) is 4.15. The third kappa shape index (κ3) is 8.03. The molecule has 0 radical (unpaired) electrons. The Morgan fingerprint density at radius 1 is 0.759 bits per heavy atom. The second-order valence-corrected chi connectivity index (χ2v) is 8.10. The highest BCUT2D eigenvalue weighted by molar-refractivity contribution is 5.36. The molecular weight excluding hydrogens is 368 g/mol. The molecule has 0 amide bonds. The zero-order chi connectivity index (χ0) is 20.2. The molecule has 2 aliphatic rings. The van der Waals surface area contributed by atoms with Crippen LogP contribution in [0.5, 0.6) is 0 Å². The van der Waals surface area contributed by atoms with E-state index in [1.54, 1.807) is 0 Å². The van der Waals surface area contributed by atoms with Gasteiger partial charge in [0.15, 0.2) is 0 Å². The van der Waals surface area contributed by atoms with E-state index in [9.17, 15) is 0 Å². The van der Waals surface area contributed by atoms with Gasteiger partial charge in [0.1, 0.15) is 5.82 Å². The van der Waals surface area contributed by atoms with Crippen LogP contribution in [0.1, 0.15) is 76.0 Å². The molecule has 0 aromatic carbocycles. The summed E-state index contributed by atoms with van der Waals surface area (Å²) in [6.07, 6.45) is 12.5. The van der Waals surface area contributed by atoms with E-state index in [1.807, 2.05) is 0 Å². The van der Waals surface area contributed by atoms with Crippen molar-refractivity contribution in [2.24, 2.45) is 5.73 Å². The van der Waals surface area contributed by atoms with Gasteiger partial charge in [-0.1, -0.05) is 38.5 Å². The van der Waals surface area contributed by atoms with Gasteiger partial charge in [0.2, 0.25) is 11.9 Å². The SMILES string of the molecule is NCCOCCOCCNc1nc(NC2CCCCC2)nc(C2CCCCC2)n1. The molecule has 0 spiro atoms. The average molecular weight is 407 g/mol. The molecule has 2 fully saturated rings. The Morgan fingerprint density at radius 3 is 2.14 bits per heavy atom. The Balaban J connectivity index is 1.53. The molecule has 0 unspecified atom stereocenters. The maximum atomic E-state index is 5.59. The molecule has 0 aliphatic heterocycles. The van der Waals surface area contributed by atoms with Crippen molar-refractivity contribution >= 4 is 11.9 Å². The largest absolute Gasteiger partial charge is 0.378 e. The van der Waals surface area contributed by atoms with Gasteiger partial charge in [-0.3, -0.25) is 0 Å². The molecule has 164 valence electrons. The predicted octanol–water partition coefficient (Wildman–Crippen LogP) is 3.07. The van der Waals surface area contributed by atoms with Crippen LogP contribution >= 0.6 is 0 Å². The fourth-order valence-electron chi connectivity index (χ4n) is 4.15. The molecule has 2 saturated carbocycles. The Kier molecular flexibility index (Phi) is 9.89. The van der Waals surface area contributed by atoms with E-state index >= 15 is 0 Å². The topological polar surface area (TPSA) is 107 Å². The molecule has 8 nitrogen and oxygen atoms in total. The van der Waals surface area contributed by atoms with E-state index in [0.717, 1.165) is 11.8 Å². The summed E-state index contributed by atoms with van der Waals surface area (Å²) < 4.78 is 10.9. The minimum atomic E-state index is 0.454.